The molecular weight excluding hydrogens is 288 g/mol. The first-order valence-electron chi connectivity index (χ1n) is 7.63. The van der Waals surface area contributed by atoms with Crippen molar-refractivity contribution >= 4 is 11.6 Å². The Bertz CT molecular complexity index is 687. The minimum absolute atomic E-state index is 0.0357. The van der Waals surface area contributed by atoms with Gasteiger partial charge in [-0.15, -0.1) is 0 Å². The largest absolute Gasteiger partial charge is 0.493 e. The molecule has 0 aliphatic rings. The van der Waals surface area contributed by atoms with E-state index < -0.39 is 0 Å². The molecule has 1 N–H and O–H groups in total. The summed E-state index contributed by atoms with van der Waals surface area (Å²) < 4.78 is 5.67. The molecule has 0 fully saturated rings. The maximum absolute atomic E-state index is 11.9. The van der Waals surface area contributed by atoms with E-state index in [2.05, 4.69) is 11.4 Å². The number of carbonyl (C=O) groups is 1. The van der Waals surface area contributed by atoms with E-state index >= 15 is 0 Å². The van der Waals surface area contributed by atoms with E-state index in [0.717, 1.165) is 22.6 Å². The molecule has 118 valence electrons. The molecule has 0 aliphatic heterocycles. The van der Waals surface area contributed by atoms with Crippen LogP contribution in [-0.4, -0.2) is 12.5 Å². The Hall–Kier alpha value is -2.80. The molecule has 0 aliphatic carbocycles. The van der Waals surface area contributed by atoms with E-state index in [1.165, 1.54) is 0 Å². The van der Waals surface area contributed by atoms with Gasteiger partial charge < -0.3 is 10.1 Å². The second-order valence-corrected chi connectivity index (χ2v) is 5.30. The smallest absolute Gasteiger partial charge is 0.224 e. The number of hydrogen-bond acceptors (Lipinski definition) is 3. The monoisotopic (exact) mass is 308 g/mol. The molecule has 0 aromatic heterocycles. The van der Waals surface area contributed by atoms with Gasteiger partial charge in [0.1, 0.15) is 5.75 Å². The Morgan fingerprint density at radius 1 is 1.17 bits per heavy atom. The van der Waals surface area contributed by atoms with Gasteiger partial charge in [0.05, 0.1) is 19.1 Å². The Kier molecular flexibility index (Phi) is 6.19. The third-order valence-corrected chi connectivity index (χ3v) is 3.42. The summed E-state index contributed by atoms with van der Waals surface area (Å²) in [6.07, 6.45) is 1.45. The van der Waals surface area contributed by atoms with Crippen molar-refractivity contribution in [1.29, 1.82) is 5.26 Å². The predicted octanol–water partition coefficient (Wildman–Crippen LogP) is 3.86. The number of hydrogen-bond donors (Lipinski definition) is 1. The fourth-order valence-corrected chi connectivity index (χ4v) is 2.15. The van der Waals surface area contributed by atoms with Crippen molar-refractivity contribution in [3.63, 3.8) is 0 Å². The number of nitrogens with zero attached hydrogens (tertiary/aromatic N) is 1. The lowest BCUT2D eigenvalue weighted by atomic mass is 10.1. The van der Waals surface area contributed by atoms with E-state index in [1.807, 2.05) is 55.5 Å². The number of ether oxygens (including phenoxy) is 1. The Balaban J connectivity index is 1.71. The van der Waals surface area contributed by atoms with E-state index in [-0.39, 0.29) is 5.91 Å². The first kappa shape index (κ1) is 16.6. The normalized spacial score (nSPS) is 9.91. The maximum Gasteiger partial charge on any atom is 0.224 e. The Morgan fingerprint density at radius 2 is 1.91 bits per heavy atom. The van der Waals surface area contributed by atoms with Crippen LogP contribution in [0, 0.1) is 18.3 Å². The van der Waals surface area contributed by atoms with Crippen molar-refractivity contribution in [2.75, 3.05) is 11.9 Å². The van der Waals surface area contributed by atoms with Crippen LogP contribution in [0.2, 0.25) is 0 Å². The molecule has 23 heavy (non-hydrogen) atoms. The fraction of sp³-hybridized carbons (Fsp3) is 0.263. The van der Waals surface area contributed by atoms with Gasteiger partial charge in [0.15, 0.2) is 0 Å². The Labute approximate surface area is 136 Å². The number of carbonyl (C=O) groups excluding carboxylic acids is 1. The predicted molar refractivity (Wildman–Crippen MR) is 90.3 cm³/mol. The third kappa shape index (κ3) is 5.48. The van der Waals surface area contributed by atoms with Gasteiger partial charge in [0.2, 0.25) is 5.91 Å². The number of nitriles is 1. The molecule has 0 heterocycles. The molecule has 4 heteroatoms. The summed E-state index contributed by atoms with van der Waals surface area (Å²) in [4.78, 5) is 11.9. The molecule has 0 spiro atoms. The number of anilines is 1. The fourth-order valence-electron chi connectivity index (χ4n) is 2.15. The van der Waals surface area contributed by atoms with Crippen LogP contribution in [-0.2, 0) is 11.2 Å². The highest BCUT2D eigenvalue weighted by Crippen LogP contribution is 2.16. The second-order valence-electron chi connectivity index (χ2n) is 5.30. The summed E-state index contributed by atoms with van der Waals surface area (Å²) in [5.74, 6) is 0.826. The standard InChI is InChI=1S/C19H20N2O2/c1-15-5-2-3-6-18(15)23-14-4-7-19(22)21-17-10-8-16(9-11-17)12-13-20/h2-3,5-6,8-11H,4,7,12,14H2,1H3,(H,21,22). The van der Waals surface area contributed by atoms with Gasteiger partial charge in [-0.1, -0.05) is 30.3 Å². The van der Waals surface area contributed by atoms with E-state index in [9.17, 15) is 4.79 Å². The van der Waals surface area contributed by atoms with Crippen LogP contribution in [0.25, 0.3) is 0 Å². The molecule has 2 aromatic carbocycles. The van der Waals surface area contributed by atoms with Gasteiger partial charge in [-0.25, -0.2) is 0 Å². The number of amides is 1. The number of benzene rings is 2. The Morgan fingerprint density at radius 3 is 2.61 bits per heavy atom. The summed E-state index contributed by atoms with van der Waals surface area (Å²) in [6, 6.07) is 17.2. The number of rotatable bonds is 7. The topological polar surface area (TPSA) is 62.1 Å². The molecule has 0 atom stereocenters. The highest BCUT2D eigenvalue weighted by Gasteiger charge is 2.04. The maximum atomic E-state index is 11.9. The van der Waals surface area contributed by atoms with Crippen LogP contribution in [0.3, 0.4) is 0 Å². The minimum atomic E-state index is -0.0357. The molecule has 4 nitrogen and oxygen atoms in total. The van der Waals surface area contributed by atoms with Gasteiger partial charge in [-0.2, -0.15) is 5.26 Å². The molecule has 0 saturated heterocycles. The van der Waals surface area contributed by atoms with Crippen LogP contribution >= 0.6 is 0 Å². The molecular formula is C19H20N2O2. The molecule has 1 amide bonds. The SMILES string of the molecule is Cc1ccccc1OCCCC(=O)Nc1ccc(CC#N)cc1. The van der Waals surface area contributed by atoms with Gasteiger partial charge >= 0.3 is 0 Å². The van der Waals surface area contributed by atoms with Crippen LogP contribution in [0.5, 0.6) is 5.75 Å². The minimum Gasteiger partial charge on any atom is -0.493 e. The van der Waals surface area contributed by atoms with Gasteiger partial charge in [0, 0.05) is 12.1 Å². The average Bonchev–Trinajstić information content (AvgIpc) is 2.55. The molecule has 0 radical (unpaired) electrons. The number of aryl methyl sites for hydroxylation is 1. The first-order valence-corrected chi connectivity index (χ1v) is 7.63. The van der Waals surface area contributed by atoms with Crippen LogP contribution in [0.15, 0.2) is 48.5 Å². The average molecular weight is 308 g/mol. The summed E-state index contributed by atoms with van der Waals surface area (Å²) in [6.45, 7) is 2.51. The van der Waals surface area contributed by atoms with Crippen LogP contribution in [0.4, 0.5) is 5.69 Å². The molecule has 0 bridgehead atoms. The summed E-state index contributed by atoms with van der Waals surface area (Å²) >= 11 is 0. The van der Waals surface area contributed by atoms with Crippen molar-refractivity contribution < 1.29 is 9.53 Å². The zero-order chi connectivity index (χ0) is 16.5. The molecule has 0 saturated carbocycles. The van der Waals surface area contributed by atoms with Crippen molar-refractivity contribution in [2.45, 2.75) is 26.2 Å². The van der Waals surface area contributed by atoms with Crippen molar-refractivity contribution in [2.24, 2.45) is 0 Å². The molecule has 2 rings (SSSR count). The van der Waals surface area contributed by atoms with Gasteiger partial charge in [-0.05, 0) is 42.7 Å². The zero-order valence-electron chi connectivity index (χ0n) is 13.2. The van der Waals surface area contributed by atoms with Crippen LogP contribution in [0.1, 0.15) is 24.0 Å². The quantitative estimate of drug-likeness (QED) is 0.790. The summed E-state index contributed by atoms with van der Waals surface area (Å²) in [5, 5.41) is 11.5. The highest BCUT2D eigenvalue weighted by atomic mass is 16.5. The number of para-hydroxylation sites is 1. The lowest BCUT2D eigenvalue weighted by molar-refractivity contribution is -0.116. The van der Waals surface area contributed by atoms with Crippen molar-refractivity contribution in [3.05, 3.63) is 59.7 Å². The van der Waals surface area contributed by atoms with Gasteiger partial charge in [0.25, 0.3) is 0 Å². The molecule has 0 unspecified atom stereocenters. The lowest BCUT2D eigenvalue weighted by Crippen LogP contribution is -2.12. The lowest BCUT2D eigenvalue weighted by Gasteiger charge is -2.09. The zero-order valence-corrected chi connectivity index (χ0v) is 13.2. The van der Waals surface area contributed by atoms with Gasteiger partial charge in [-0.3, -0.25) is 4.79 Å². The summed E-state index contributed by atoms with van der Waals surface area (Å²) in [7, 11) is 0. The second kappa shape index (κ2) is 8.60. The number of nitrogens with one attached hydrogen (secondary N) is 1. The molecule has 2 aromatic rings. The van der Waals surface area contributed by atoms with Crippen molar-refractivity contribution in [1.82, 2.24) is 0 Å². The first-order chi connectivity index (χ1) is 11.2. The highest BCUT2D eigenvalue weighted by molar-refractivity contribution is 5.90. The van der Waals surface area contributed by atoms with Crippen LogP contribution < -0.4 is 10.1 Å². The van der Waals surface area contributed by atoms with E-state index in [4.69, 9.17) is 10.00 Å². The third-order valence-electron chi connectivity index (χ3n) is 3.42. The van der Waals surface area contributed by atoms with E-state index in [1.54, 1.807) is 0 Å². The van der Waals surface area contributed by atoms with E-state index in [0.29, 0.717) is 25.9 Å². The van der Waals surface area contributed by atoms with Crippen molar-refractivity contribution in [3.8, 4) is 11.8 Å². The summed E-state index contributed by atoms with van der Waals surface area (Å²) in [5.41, 5.74) is 2.78.